The number of anilines is 1. The fourth-order valence-corrected chi connectivity index (χ4v) is 1.91. The van der Waals surface area contributed by atoms with Crippen molar-refractivity contribution in [3.05, 3.63) is 29.8 Å². The first kappa shape index (κ1) is 13.0. The summed E-state index contributed by atoms with van der Waals surface area (Å²) in [6, 6.07) is 8.42. The van der Waals surface area contributed by atoms with Gasteiger partial charge in [-0.25, -0.2) is 0 Å². The van der Waals surface area contributed by atoms with E-state index in [2.05, 4.69) is 55.3 Å². The Morgan fingerprint density at radius 1 is 1.12 bits per heavy atom. The minimum atomic E-state index is 0.800. The van der Waals surface area contributed by atoms with Crippen molar-refractivity contribution in [1.82, 2.24) is 4.90 Å². The van der Waals surface area contributed by atoms with Crippen LogP contribution in [0.25, 0.3) is 0 Å². The lowest BCUT2D eigenvalue weighted by atomic mass is 10.1. The topological polar surface area (TPSA) is 15.3 Å². The van der Waals surface area contributed by atoms with Crippen molar-refractivity contribution < 1.29 is 0 Å². The van der Waals surface area contributed by atoms with E-state index in [0.29, 0.717) is 0 Å². The number of thiocarbonyl (C=S) groups is 1. The van der Waals surface area contributed by atoms with Crippen LogP contribution in [-0.4, -0.2) is 23.1 Å². The zero-order valence-electron chi connectivity index (χ0n) is 10.3. The molecule has 0 unspecified atom stereocenters. The number of aryl methyl sites for hydroxylation is 1. The molecule has 0 radical (unpaired) electrons. The van der Waals surface area contributed by atoms with E-state index in [-0.39, 0.29) is 0 Å². The quantitative estimate of drug-likeness (QED) is 0.808. The normalized spacial score (nSPS) is 9.94. The lowest BCUT2D eigenvalue weighted by Gasteiger charge is -2.22. The van der Waals surface area contributed by atoms with Crippen LogP contribution in [-0.2, 0) is 6.42 Å². The van der Waals surface area contributed by atoms with E-state index in [1.807, 2.05) is 0 Å². The molecule has 1 N–H and O–H groups in total. The van der Waals surface area contributed by atoms with Gasteiger partial charge in [-0.15, -0.1) is 0 Å². The average molecular weight is 236 g/mol. The van der Waals surface area contributed by atoms with Crippen molar-refractivity contribution in [1.29, 1.82) is 0 Å². The van der Waals surface area contributed by atoms with E-state index in [0.717, 1.165) is 30.3 Å². The van der Waals surface area contributed by atoms with Crippen LogP contribution in [0.5, 0.6) is 0 Å². The number of nitrogens with one attached hydrogen (secondary N) is 1. The summed E-state index contributed by atoms with van der Waals surface area (Å²) in [6.07, 6.45) is 1.07. The zero-order valence-corrected chi connectivity index (χ0v) is 11.1. The Balaban J connectivity index is 2.62. The van der Waals surface area contributed by atoms with Gasteiger partial charge < -0.3 is 10.2 Å². The van der Waals surface area contributed by atoms with Gasteiger partial charge in [0.15, 0.2) is 5.11 Å². The first-order valence-corrected chi connectivity index (χ1v) is 6.26. The van der Waals surface area contributed by atoms with E-state index in [9.17, 15) is 0 Å². The molecule has 0 aliphatic heterocycles. The summed E-state index contributed by atoms with van der Waals surface area (Å²) in [7, 11) is 0. The van der Waals surface area contributed by atoms with Gasteiger partial charge in [0.05, 0.1) is 0 Å². The minimum Gasteiger partial charge on any atom is -0.350 e. The molecular formula is C13H20N2S. The smallest absolute Gasteiger partial charge is 0.173 e. The molecule has 1 rings (SSSR count). The van der Waals surface area contributed by atoms with E-state index >= 15 is 0 Å². The Kier molecular flexibility index (Phi) is 5.26. The third-order valence-corrected chi connectivity index (χ3v) is 3.02. The first-order chi connectivity index (χ1) is 7.71. The van der Waals surface area contributed by atoms with E-state index in [4.69, 9.17) is 12.2 Å². The molecule has 0 amide bonds. The van der Waals surface area contributed by atoms with Crippen LogP contribution in [0.4, 0.5) is 5.69 Å². The number of hydrogen-bond donors (Lipinski definition) is 1. The van der Waals surface area contributed by atoms with E-state index < -0.39 is 0 Å². The maximum Gasteiger partial charge on any atom is 0.173 e. The lowest BCUT2D eigenvalue weighted by Crippen LogP contribution is -2.34. The third-order valence-electron chi connectivity index (χ3n) is 2.66. The summed E-state index contributed by atoms with van der Waals surface area (Å²) < 4.78 is 0. The lowest BCUT2D eigenvalue weighted by molar-refractivity contribution is 0.473. The summed E-state index contributed by atoms with van der Waals surface area (Å²) in [5, 5.41) is 4.05. The molecule has 0 bridgehead atoms. The molecule has 0 saturated carbocycles. The summed E-state index contributed by atoms with van der Waals surface area (Å²) in [4.78, 5) is 2.13. The predicted molar refractivity (Wildman–Crippen MR) is 75.0 cm³/mol. The molecule has 0 fully saturated rings. The van der Waals surface area contributed by atoms with Gasteiger partial charge in [0.1, 0.15) is 0 Å². The molecule has 0 saturated heterocycles. The van der Waals surface area contributed by atoms with E-state index in [1.54, 1.807) is 0 Å². The maximum absolute atomic E-state index is 5.33. The molecule has 0 heterocycles. The molecule has 1 aromatic carbocycles. The van der Waals surface area contributed by atoms with Crippen molar-refractivity contribution in [2.45, 2.75) is 27.2 Å². The van der Waals surface area contributed by atoms with Crippen molar-refractivity contribution in [3.63, 3.8) is 0 Å². The van der Waals surface area contributed by atoms with Gasteiger partial charge in [0.2, 0.25) is 0 Å². The molecule has 0 aliphatic carbocycles. The molecular weight excluding hydrogens is 216 g/mol. The van der Waals surface area contributed by atoms with Crippen molar-refractivity contribution in [2.75, 3.05) is 18.4 Å². The fourth-order valence-electron chi connectivity index (χ4n) is 1.54. The Labute approximate surface area is 104 Å². The minimum absolute atomic E-state index is 0.800. The number of hydrogen-bond acceptors (Lipinski definition) is 1. The van der Waals surface area contributed by atoms with Crippen LogP contribution in [0.2, 0.25) is 0 Å². The van der Waals surface area contributed by atoms with Gasteiger partial charge in [0, 0.05) is 18.8 Å². The highest BCUT2D eigenvalue weighted by atomic mass is 32.1. The highest BCUT2D eigenvalue weighted by Gasteiger charge is 2.04. The second-order valence-corrected chi connectivity index (χ2v) is 4.04. The second kappa shape index (κ2) is 6.48. The Hall–Kier alpha value is -1.09. The average Bonchev–Trinajstić information content (AvgIpc) is 2.31. The molecule has 16 heavy (non-hydrogen) atoms. The molecule has 0 aliphatic rings. The Bertz CT molecular complexity index is 328. The Morgan fingerprint density at radius 2 is 1.69 bits per heavy atom. The number of nitrogens with zero attached hydrogens (tertiary/aromatic N) is 1. The SMILES string of the molecule is CCc1ccc(NC(=S)N(CC)CC)cc1. The molecule has 2 nitrogen and oxygen atoms in total. The van der Waals surface area contributed by atoms with Crippen molar-refractivity contribution in [2.24, 2.45) is 0 Å². The molecule has 0 spiro atoms. The highest BCUT2D eigenvalue weighted by molar-refractivity contribution is 7.80. The van der Waals surface area contributed by atoms with Gasteiger partial charge >= 0.3 is 0 Å². The van der Waals surface area contributed by atoms with Crippen molar-refractivity contribution in [3.8, 4) is 0 Å². The third kappa shape index (κ3) is 3.49. The van der Waals surface area contributed by atoms with Gasteiger partial charge in [-0.2, -0.15) is 0 Å². The van der Waals surface area contributed by atoms with Crippen LogP contribution in [0.3, 0.4) is 0 Å². The van der Waals surface area contributed by atoms with Crippen molar-refractivity contribution >= 4 is 23.0 Å². The number of rotatable bonds is 4. The molecule has 88 valence electrons. The summed E-state index contributed by atoms with van der Waals surface area (Å²) >= 11 is 5.33. The first-order valence-electron chi connectivity index (χ1n) is 5.86. The molecule has 3 heteroatoms. The maximum atomic E-state index is 5.33. The summed E-state index contributed by atoms with van der Waals surface area (Å²) in [5.74, 6) is 0. The van der Waals surface area contributed by atoms with Crippen LogP contribution < -0.4 is 5.32 Å². The van der Waals surface area contributed by atoms with Gasteiger partial charge in [-0.05, 0) is 50.2 Å². The van der Waals surface area contributed by atoms with E-state index in [1.165, 1.54) is 5.56 Å². The summed E-state index contributed by atoms with van der Waals surface area (Å²) in [6.45, 7) is 8.25. The fraction of sp³-hybridized carbons (Fsp3) is 0.462. The van der Waals surface area contributed by atoms with Gasteiger partial charge in [-0.1, -0.05) is 19.1 Å². The Morgan fingerprint density at radius 3 is 2.12 bits per heavy atom. The monoisotopic (exact) mass is 236 g/mol. The highest BCUT2D eigenvalue weighted by Crippen LogP contribution is 2.10. The number of benzene rings is 1. The van der Waals surface area contributed by atoms with Crippen LogP contribution >= 0.6 is 12.2 Å². The largest absolute Gasteiger partial charge is 0.350 e. The van der Waals surface area contributed by atoms with Gasteiger partial charge in [-0.3, -0.25) is 0 Å². The standard InChI is InChI=1S/C13H20N2S/c1-4-11-7-9-12(10-8-11)14-13(16)15(5-2)6-3/h7-10H,4-6H2,1-3H3,(H,14,16). The zero-order chi connectivity index (χ0) is 12.0. The molecule has 1 aromatic rings. The predicted octanol–water partition coefficient (Wildman–Crippen LogP) is 3.29. The molecule has 0 atom stereocenters. The van der Waals surface area contributed by atoms with Crippen LogP contribution in [0, 0.1) is 0 Å². The second-order valence-electron chi connectivity index (χ2n) is 3.65. The van der Waals surface area contributed by atoms with Gasteiger partial charge in [0.25, 0.3) is 0 Å². The van der Waals surface area contributed by atoms with Crippen LogP contribution in [0.15, 0.2) is 24.3 Å². The molecule has 0 aromatic heterocycles. The van der Waals surface area contributed by atoms with Crippen LogP contribution in [0.1, 0.15) is 26.3 Å². The summed E-state index contributed by atoms with van der Waals surface area (Å²) in [5.41, 5.74) is 2.41.